The number of Topliss-reactive ketones (excluding diaryl/α,β-unsaturated/α-hetero) is 2. The minimum Gasteiger partial charge on any atom is -0.535 e. The Labute approximate surface area is 204 Å². The summed E-state index contributed by atoms with van der Waals surface area (Å²) in [5, 5.41) is 22.4. The van der Waals surface area contributed by atoms with Crippen LogP contribution in [0.1, 0.15) is 51.4 Å². The zero-order chi connectivity index (χ0) is 26.0. The lowest BCUT2D eigenvalue weighted by Gasteiger charge is -2.29. The van der Waals surface area contributed by atoms with Gasteiger partial charge in [0.1, 0.15) is 28.8 Å². The molecule has 1 aliphatic rings. The van der Waals surface area contributed by atoms with Gasteiger partial charge in [0.15, 0.2) is 22.8 Å². The number of carbonyl (C=O) groups is 3. The van der Waals surface area contributed by atoms with Gasteiger partial charge in [0.25, 0.3) is 5.91 Å². The number of aromatic amines is 1. The van der Waals surface area contributed by atoms with E-state index in [1.54, 1.807) is 18.2 Å². The summed E-state index contributed by atoms with van der Waals surface area (Å²) in [7, 11) is -1.45. The number of hydrogen-bond acceptors (Lipinski definition) is 8. The monoisotopic (exact) mass is 493 g/mol. The zero-order valence-corrected chi connectivity index (χ0v) is 19.0. The predicted molar refractivity (Wildman–Crippen MR) is 125 cm³/mol. The first kappa shape index (κ1) is 24.8. The molecule has 0 spiro atoms. The number of aromatic nitrogens is 2. The van der Waals surface area contributed by atoms with Gasteiger partial charge in [0, 0.05) is 36.8 Å². The van der Waals surface area contributed by atoms with E-state index in [1.807, 2.05) is 0 Å². The number of para-hydroxylation sites is 1. The van der Waals surface area contributed by atoms with Crippen LogP contribution in [0.3, 0.4) is 0 Å². The molecule has 2 atom stereocenters. The summed E-state index contributed by atoms with van der Waals surface area (Å²) in [5.41, 5.74) is -0.489. The van der Waals surface area contributed by atoms with Crippen LogP contribution in [0, 0.1) is 5.82 Å². The molecule has 12 heteroatoms. The van der Waals surface area contributed by atoms with Crippen LogP contribution in [0.2, 0.25) is 5.82 Å². The van der Waals surface area contributed by atoms with Crippen molar-refractivity contribution < 1.29 is 33.6 Å². The molecule has 0 saturated heterocycles. The van der Waals surface area contributed by atoms with E-state index in [4.69, 9.17) is 4.65 Å². The van der Waals surface area contributed by atoms with Crippen LogP contribution in [0.25, 0.3) is 0 Å². The van der Waals surface area contributed by atoms with Crippen molar-refractivity contribution in [3.63, 3.8) is 0 Å². The van der Waals surface area contributed by atoms with E-state index >= 15 is 0 Å². The highest BCUT2D eigenvalue weighted by atomic mass is 19.1. The fourth-order valence-electron chi connectivity index (χ4n) is 4.07. The second kappa shape index (κ2) is 10.1. The summed E-state index contributed by atoms with van der Waals surface area (Å²) in [4.78, 5) is 56.4. The SMILES string of the molecule is CC(=O)c1cccc2c1OB(O)[C@@H](CC(=O)C(NC(=O)c1c[nH]ccc1=O)c1ncc(O)cc1F)C2. The number of pyridine rings is 2. The second-order valence-corrected chi connectivity index (χ2v) is 8.38. The lowest BCUT2D eigenvalue weighted by molar-refractivity contribution is -0.121. The molecule has 2 aromatic heterocycles. The average molecular weight is 493 g/mol. The van der Waals surface area contributed by atoms with Gasteiger partial charge in [-0.25, -0.2) is 4.39 Å². The molecule has 1 amide bonds. The summed E-state index contributed by atoms with van der Waals surface area (Å²) in [6.07, 6.45) is 3.19. The molecule has 4 N–H and O–H groups in total. The number of nitrogens with zero attached hydrogens (tertiary/aromatic N) is 1. The summed E-state index contributed by atoms with van der Waals surface area (Å²) in [6, 6.07) is 5.15. The van der Waals surface area contributed by atoms with Crippen molar-refractivity contribution in [3.8, 4) is 11.5 Å². The van der Waals surface area contributed by atoms with E-state index in [2.05, 4.69) is 15.3 Å². The lowest BCUT2D eigenvalue weighted by Crippen LogP contribution is -2.40. The fraction of sp³-hybridized carbons (Fsp3) is 0.208. The molecule has 0 aliphatic carbocycles. The third-order valence-corrected chi connectivity index (χ3v) is 5.86. The number of nitrogens with one attached hydrogen (secondary N) is 2. The maximum absolute atomic E-state index is 14.7. The second-order valence-electron chi connectivity index (χ2n) is 8.38. The predicted octanol–water partition coefficient (Wildman–Crippen LogP) is 1.73. The van der Waals surface area contributed by atoms with Crippen LogP contribution in [0.5, 0.6) is 11.5 Å². The molecule has 0 fully saturated rings. The van der Waals surface area contributed by atoms with Crippen molar-refractivity contribution in [1.82, 2.24) is 15.3 Å². The Morgan fingerprint density at radius 1 is 1.31 bits per heavy atom. The van der Waals surface area contributed by atoms with E-state index in [0.29, 0.717) is 11.1 Å². The number of hydrogen-bond donors (Lipinski definition) is 4. The summed E-state index contributed by atoms with van der Waals surface area (Å²) in [6.45, 7) is 1.37. The lowest BCUT2D eigenvalue weighted by atomic mass is 9.64. The maximum Gasteiger partial charge on any atom is 0.526 e. The number of halogens is 1. The van der Waals surface area contributed by atoms with Gasteiger partial charge in [0.05, 0.1) is 11.8 Å². The first-order valence-electron chi connectivity index (χ1n) is 11.0. The van der Waals surface area contributed by atoms with E-state index in [0.717, 1.165) is 24.5 Å². The molecule has 0 bridgehead atoms. The highest BCUT2D eigenvalue weighted by Crippen LogP contribution is 2.37. The molecule has 1 aliphatic heterocycles. The molecule has 4 rings (SSSR count). The van der Waals surface area contributed by atoms with Crippen LogP contribution in [0.4, 0.5) is 4.39 Å². The molecule has 0 radical (unpaired) electrons. The minimum absolute atomic E-state index is 0.174. The van der Waals surface area contributed by atoms with Crippen molar-refractivity contribution in [1.29, 1.82) is 0 Å². The first-order chi connectivity index (χ1) is 17.2. The van der Waals surface area contributed by atoms with E-state index in [1.165, 1.54) is 13.1 Å². The quantitative estimate of drug-likeness (QED) is 0.286. The number of H-pyrrole nitrogens is 1. The normalized spacial score (nSPS) is 15.4. The standard InChI is InChI=1S/C24H21BFN3O7/c1-12(30)16-4-2-3-13-7-14(25(35)36-23(13)16)8-20(33)22(21-18(26)9-15(31)10-28-21)29-24(34)17-11-27-6-5-19(17)32/h2-6,9-11,14,22,31,35H,7-8H2,1H3,(H,27,32)(H,29,34)/t14-,22?/m1/s1. The number of carbonyl (C=O) groups excluding carboxylic acids is 3. The first-order valence-corrected chi connectivity index (χ1v) is 11.0. The van der Waals surface area contributed by atoms with Crippen molar-refractivity contribution in [2.45, 2.75) is 31.6 Å². The zero-order valence-electron chi connectivity index (χ0n) is 19.0. The van der Waals surface area contributed by atoms with Gasteiger partial charge in [-0.2, -0.15) is 0 Å². The van der Waals surface area contributed by atoms with Crippen molar-refractivity contribution in [2.75, 3.05) is 0 Å². The number of rotatable bonds is 7. The van der Waals surface area contributed by atoms with E-state index < -0.39 is 53.4 Å². The van der Waals surface area contributed by atoms with Crippen LogP contribution >= 0.6 is 0 Å². The smallest absolute Gasteiger partial charge is 0.526 e. The number of fused-ring (bicyclic) bond motifs is 1. The number of benzene rings is 1. The van der Waals surface area contributed by atoms with Gasteiger partial charge in [-0.05, 0) is 25.0 Å². The van der Waals surface area contributed by atoms with Crippen LogP contribution < -0.4 is 15.4 Å². The highest BCUT2D eigenvalue weighted by molar-refractivity contribution is 6.47. The van der Waals surface area contributed by atoms with Gasteiger partial charge < -0.3 is 25.1 Å². The minimum atomic E-state index is -1.63. The molecular formula is C24H21BFN3O7. The van der Waals surface area contributed by atoms with Crippen molar-refractivity contribution in [2.24, 2.45) is 0 Å². The molecule has 3 heterocycles. The third kappa shape index (κ3) is 5.03. The van der Waals surface area contributed by atoms with Crippen LogP contribution in [0.15, 0.2) is 53.7 Å². The van der Waals surface area contributed by atoms with Gasteiger partial charge in [-0.3, -0.25) is 24.2 Å². The Kier molecular flexibility index (Phi) is 6.97. The van der Waals surface area contributed by atoms with E-state index in [-0.39, 0.29) is 29.9 Å². The van der Waals surface area contributed by atoms with Crippen molar-refractivity contribution >= 4 is 24.6 Å². The molecule has 184 valence electrons. The molecule has 10 nitrogen and oxygen atoms in total. The molecule has 1 aromatic carbocycles. The summed E-state index contributed by atoms with van der Waals surface area (Å²) in [5.74, 6) is -3.99. The van der Waals surface area contributed by atoms with Gasteiger partial charge in [-0.1, -0.05) is 12.1 Å². The maximum atomic E-state index is 14.7. The molecule has 36 heavy (non-hydrogen) atoms. The fourth-order valence-corrected chi connectivity index (χ4v) is 4.07. The number of amides is 1. The molecular weight excluding hydrogens is 472 g/mol. The Morgan fingerprint density at radius 2 is 2.08 bits per heavy atom. The summed E-state index contributed by atoms with van der Waals surface area (Å²) < 4.78 is 20.2. The van der Waals surface area contributed by atoms with Gasteiger partial charge in [-0.15, -0.1) is 0 Å². The third-order valence-electron chi connectivity index (χ3n) is 5.86. The molecule has 3 aromatic rings. The van der Waals surface area contributed by atoms with Crippen LogP contribution in [-0.2, 0) is 11.2 Å². The molecule has 0 saturated carbocycles. The van der Waals surface area contributed by atoms with Crippen molar-refractivity contribution in [3.05, 3.63) is 87.3 Å². The molecule has 1 unspecified atom stereocenters. The average Bonchev–Trinajstić information content (AvgIpc) is 2.83. The Bertz CT molecular complexity index is 1410. The largest absolute Gasteiger partial charge is 0.535 e. The number of ketones is 2. The Hall–Kier alpha value is -4.32. The summed E-state index contributed by atoms with van der Waals surface area (Å²) >= 11 is 0. The van der Waals surface area contributed by atoms with Crippen LogP contribution in [-0.4, -0.2) is 44.7 Å². The highest BCUT2D eigenvalue weighted by Gasteiger charge is 2.40. The Morgan fingerprint density at radius 3 is 2.78 bits per heavy atom. The van der Waals surface area contributed by atoms with Gasteiger partial charge >= 0.3 is 7.12 Å². The topological polar surface area (TPSA) is 159 Å². The van der Waals surface area contributed by atoms with E-state index in [9.17, 15) is 33.7 Å². The number of aromatic hydroxyl groups is 1. The van der Waals surface area contributed by atoms with Gasteiger partial charge in [0.2, 0.25) is 0 Å². The Balaban J connectivity index is 1.62.